The molecule has 1 fully saturated rings. The molecule has 158 valence electrons. The van der Waals surface area contributed by atoms with Gasteiger partial charge in [-0.15, -0.1) is 0 Å². The predicted molar refractivity (Wildman–Crippen MR) is 117 cm³/mol. The number of piperazine rings is 1. The Morgan fingerprint density at radius 1 is 1.00 bits per heavy atom. The van der Waals surface area contributed by atoms with E-state index in [0.29, 0.717) is 43.5 Å². The van der Waals surface area contributed by atoms with Crippen molar-refractivity contribution in [3.63, 3.8) is 0 Å². The summed E-state index contributed by atoms with van der Waals surface area (Å²) >= 11 is 6.12. The first-order valence-corrected chi connectivity index (χ1v) is 10.7. The van der Waals surface area contributed by atoms with Gasteiger partial charge in [-0.05, 0) is 37.1 Å². The highest BCUT2D eigenvalue weighted by Crippen LogP contribution is 2.28. The fourth-order valence-electron chi connectivity index (χ4n) is 4.04. The molecule has 1 unspecified atom stereocenters. The second-order valence-corrected chi connectivity index (χ2v) is 8.12. The number of hydrogen-bond donors (Lipinski definition) is 0. The summed E-state index contributed by atoms with van der Waals surface area (Å²) in [6.45, 7) is 5.37. The normalized spacial score (nSPS) is 17.5. The van der Waals surface area contributed by atoms with Crippen LogP contribution in [0.25, 0.3) is 0 Å². The van der Waals surface area contributed by atoms with E-state index in [1.807, 2.05) is 35.2 Å². The van der Waals surface area contributed by atoms with Crippen molar-refractivity contribution in [3.05, 3.63) is 59.1 Å². The summed E-state index contributed by atoms with van der Waals surface area (Å²) in [7, 11) is 0. The summed E-state index contributed by atoms with van der Waals surface area (Å²) in [6.07, 6.45) is 0.298. The minimum absolute atomic E-state index is 0.0608. The van der Waals surface area contributed by atoms with Gasteiger partial charge in [0.15, 0.2) is 6.10 Å². The third-order valence-electron chi connectivity index (χ3n) is 5.72. The van der Waals surface area contributed by atoms with Crippen molar-refractivity contribution in [2.45, 2.75) is 19.4 Å². The predicted octanol–water partition coefficient (Wildman–Crippen LogP) is 2.84. The molecule has 0 aromatic heterocycles. The number of rotatable bonds is 5. The van der Waals surface area contributed by atoms with Gasteiger partial charge in [0.1, 0.15) is 5.75 Å². The average molecular weight is 428 g/mol. The van der Waals surface area contributed by atoms with E-state index in [4.69, 9.17) is 16.3 Å². The Morgan fingerprint density at radius 2 is 1.70 bits per heavy atom. The molecule has 0 spiro atoms. The maximum absolute atomic E-state index is 12.8. The molecule has 0 N–H and O–H groups in total. The fraction of sp³-hybridized carbons (Fsp3) is 0.391. The number of fused-ring (bicyclic) bond motifs is 1. The highest BCUT2D eigenvalue weighted by atomic mass is 35.5. The number of nitrogens with zero attached hydrogens (tertiary/aromatic N) is 3. The number of para-hydroxylation sites is 2. The average Bonchev–Trinajstić information content (AvgIpc) is 3.20. The molecule has 1 saturated heterocycles. The van der Waals surface area contributed by atoms with Crippen molar-refractivity contribution < 1.29 is 14.3 Å². The summed E-state index contributed by atoms with van der Waals surface area (Å²) in [5, 5.41) is 0.490. The highest BCUT2D eigenvalue weighted by Gasteiger charge is 2.29. The van der Waals surface area contributed by atoms with Crippen molar-refractivity contribution >= 4 is 29.1 Å². The molecule has 4 rings (SSSR count). The van der Waals surface area contributed by atoms with E-state index in [9.17, 15) is 9.59 Å². The number of benzene rings is 2. The SMILES string of the molecule is CC(Oc1ccccc1Cl)C(=O)N1CCN(CC(=O)N2CCc3ccccc32)CC1. The molecule has 0 aliphatic carbocycles. The van der Waals surface area contributed by atoms with Gasteiger partial charge in [0, 0.05) is 38.4 Å². The smallest absolute Gasteiger partial charge is 0.263 e. The minimum atomic E-state index is -0.612. The van der Waals surface area contributed by atoms with Crippen LogP contribution in [0.15, 0.2) is 48.5 Å². The third kappa shape index (κ3) is 4.45. The second-order valence-electron chi connectivity index (χ2n) is 7.72. The third-order valence-corrected chi connectivity index (χ3v) is 6.03. The van der Waals surface area contributed by atoms with Crippen LogP contribution in [0.5, 0.6) is 5.75 Å². The Balaban J connectivity index is 1.27. The largest absolute Gasteiger partial charge is 0.479 e. The molecule has 2 aliphatic heterocycles. The van der Waals surface area contributed by atoms with E-state index in [1.165, 1.54) is 5.56 Å². The summed E-state index contributed by atoms with van der Waals surface area (Å²) in [5.41, 5.74) is 2.26. The molecule has 2 aromatic rings. The number of carbonyl (C=O) groups excluding carboxylic acids is 2. The molecule has 2 aliphatic rings. The molecule has 1 atom stereocenters. The summed E-state index contributed by atoms with van der Waals surface area (Å²) < 4.78 is 5.75. The number of carbonyl (C=O) groups is 2. The maximum Gasteiger partial charge on any atom is 0.263 e. The maximum atomic E-state index is 12.8. The van der Waals surface area contributed by atoms with Crippen LogP contribution in [0, 0.1) is 0 Å². The lowest BCUT2D eigenvalue weighted by molar-refractivity contribution is -0.139. The molecule has 0 saturated carbocycles. The zero-order valence-electron chi connectivity index (χ0n) is 17.1. The quantitative estimate of drug-likeness (QED) is 0.736. The van der Waals surface area contributed by atoms with Crippen LogP contribution >= 0.6 is 11.6 Å². The van der Waals surface area contributed by atoms with E-state index in [1.54, 1.807) is 24.0 Å². The molecule has 30 heavy (non-hydrogen) atoms. The first-order chi connectivity index (χ1) is 14.5. The van der Waals surface area contributed by atoms with Crippen molar-refractivity contribution in [2.24, 2.45) is 0 Å². The fourth-order valence-corrected chi connectivity index (χ4v) is 4.22. The molecule has 6 nitrogen and oxygen atoms in total. The lowest BCUT2D eigenvalue weighted by Crippen LogP contribution is -2.53. The Hall–Kier alpha value is -2.57. The van der Waals surface area contributed by atoms with Crippen LogP contribution in [-0.2, 0) is 16.0 Å². The van der Waals surface area contributed by atoms with Gasteiger partial charge in [-0.1, -0.05) is 41.9 Å². The minimum Gasteiger partial charge on any atom is -0.479 e. The summed E-state index contributed by atoms with van der Waals surface area (Å²) in [6, 6.07) is 15.2. The van der Waals surface area contributed by atoms with Crippen LogP contribution in [0.1, 0.15) is 12.5 Å². The van der Waals surface area contributed by atoms with E-state index >= 15 is 0 Å². The van der Waals surface area contributed by atoms with Crippen molar-refractivity contribution in [1.82, 2.24) is 9.80 Å². The lowest BCUT2D eigenvalue weighted by Gasteiger charge is -2.36. The topological polar surface area (TPSA) is 53.1 Å². The van der Waals surface area contributed by atoms with Gasteiger partial charge >= 0.3 is 0 Å². The van der Waals surface area contributed by atoms with Crippen LogP contribution in [-0.4, -0.2) is 67.0 Å². The van der Waals surface area contributed by atoms with E-state index in [2.05, 4.69) is 11.0 Å². The number of halogens is 1. The van der Waals surface area contributed by atoms with Gasteiger partial charge < -0.3 is 14.5 Å². The number of amides is 2. The number of anilines is 1. The van der Waals surface area contributed by atoms with Gasteiger partial charge in [-0.2, -0.15) is 0 Å². The zero-order chi connectivity index (χ0) is 21.1. The molecule has 0 radical (unpaired) electrons. The Labute approximate surface area is 182 Å². The monoisotopic (exact) mass is 427 g/mol. The molecule has 2 amide bonds. The van der Waals surface area contributed by atoms with E-state index in [-0.39, 0.29) is 11.8 Å². The molecular formula is C23H26ClN3O3. The summed E-state index contributed by atoms with van der Waals surface area (Å²) in [4.78, 5) is 31.4. The van der Waals surface area contributed by atoms with Gasteiger partial charge in [-0.25, -0.2) is 0 Å². The van der Waals surface area contributed by atoms with Crippen molar-refractivity contribution in [1.29, 1.82) is 0 Å². The molecule has 7 heteroatoms. The lowest BCUT2D eigenvalue weighted by atomic mass is 10.2. The van der Waals surface area contributed by atoms with Crippen LogP contribution < -0.4 is 9.64 Å². The first kappa shape index (κ1) is 20.7. The first-order valence-electron chi connectivity index (χ1n) is 10.3. The number of hydrogen-bond acceptors (Lipinski definition) is 4. The standard InChI is InChI=1S/C23H26ClN3O3/c1-17(30-21-9-5-3-7-19(21)24)23(29)26-14-12-25(13-15-26)16-22(28)27-11-10-18-6-2-4-8-20(18)27/h2-9,17H,10-16H2,1H3. The molecular weight excluding hydrogens is 402 g/mol. The Morgan fingerprint density at radius 3 is 2.47 bits per heavy atom. The van der Waals surface area contributed by atoms with E-state index < -0.39 is 6.10 Å². The van der Waals surface area contributed by atoms with Crippen LogP contribution in [0.2, 0.25) is 5.02 Å². The second kappa shape index (κ2) is 9.06. The van der Waals surface area contributed by atoms with Gasteiger partial charge in [-0.3, -0.25) is 14.5 Å². The zero-order valence-corrected chi connectivity index (χ0v) is 17.8. The Bertz CT molecular complexity index is 927. The molecule has 2 heterocycles. The van der Waals surface area contributed by atoms with Gasteiger partial charge in [0.2, 0.25) is 5.91 Å². The van der Waals surface area contributed by atoms with Crippen LogP contribution in [0.4, 0.5) is 5.69 Å². The summed E-state index contributed by atoms with van der Waals surface area (Å²) in [5.74, 6) is 0.569. The van der Waals surface area contributed by atoms with Crippen molar-refractivity contribution in [2.75, 3.05) is 44.2 Å². The van der Waals surface area contributed by atoms with Crippen molar-refractivity contribution in [3.8, 4) is 5.75 Å². The van der Waals surface area contributed by atoms with Gasteiger partial charge in [0.05, 0.1) is 11.6 Å². The van der Waals surface area contributed by atoms with E-state index in [0.717, 1.165) is 18.7 Å². The van der Waals surface area contributed by atoms with Gasteiger partial charge in [0.25, 0.3) is 5.91 Å². The molecule has 2 aromatic carbocycles. The Kier molecular flexibility index (Phi) is 6.25. The van der Waals surface area contributed by atoms with Crippen LogP contribution in [0.3, 0.4) is 0 Å². The number of ether oxygens (including phenoxy) is 1. The highest BCUT2D eigenvalue weighted by molar-refractivity contribution is 6.32. The molecule has 0 bridgehead atoms.